The number of pyridine rings is 1. The van der Waals surface area contributed by atoms with E-state index < -0.39 is 43.6 Å². The fraction of sp³-hybridized carbons (Fsp3) is 0.167. The maximum atomic E-state index is 15.4. The van der Waals surface area contributed by atoms with Gasteiger partial charge >= 0.3 is 0 Å². The van der Waals surface area contributed by atoms with E-state index >= 15 is 4.39 Å². The molecule has 0 aliphatic carbocycles. The number of halogens is 3. The molecule has 0 unspecified atom stereocenters. The molecule has 2 aromatic rings. The van der Waals surface area contributed by atoms with Crippen molar-refractivity contribution in [2.75, 3.05) is 11.3 Å². The second kappa shape index (κ2) is 11.1. The van der Waals surface area contributed by atoms with E-state index in [2.05, 4.69) is 31.7 Å². The summed E-state index contributed by atoms with van der Waals surface area (Å²) in [6, 6.07) is 2.66. The third kappa shape index (κ3) is 5.77. The van der Waals surface area contributed by atoms with Crippen molar-refractivity contribution in [2.24, 2.45) is 15.4 Å². The number of rotatable bonds is 8. The first-order valence-electron chi connectivity index (χ1n) is 10.6. The minimum Gasteiger partial charge on any atom is -0.324 e. The van der Waals surface area contributed by atoms with Gasteiger partial charge in [0.05, 0.1) is 29.7 Å². The van der Waals surface area contributed by atoms with Crippen molar-refractivity contribution in [3.63, 3.8) is 0 Å². The predicted molar refractivity (Wildman–Crippen MR) is 132 cm³/mol. The van der Waals surface area contributed by atoms with Gasteiger partial charge in [0.25, 0.3) is 10.0 Å². The van der Waals surface area contributed by atoms with Crippen LogP contribution in [0.2, 0.25) is 0 Å². The lowest BCUT2D eigenvalue weighted by Gasteiger charge is -2.24. The number of hydrogen-bond acceptors (Lipinski definition) is 6. The zero-order valence-corrected chi connectivity index (χ0v) is 20.5. The number of nitrogens with zero attached hydrogens (tertiary/aromatic N) is 5. The predicted octanol–water partition coefficient (Wildman–Crippen LogP) is 5.70. The van der Waals surface area contributed by atoms with Gasteiger partial charge in [-0.3, -0.25) is 9.71 Å². The van der Waals surface area contributed by atoms with Gasteiger partial charge in [0, 0.05) is 29.9 Å². The molecule has 0 spiro atoms. The molecule has 1 aromatic carbocycles. The third-order valence-electron chi connectivity index (χ3n) is 5.07. The van der Waals surface area contributed by atoms with Gasteiger partial charge in [-0.1, -0.05) is 12.7 Å². The Morgan fingerprint density at radius 1 is 1.25 bits per heavy atom. The molecule has 0 amide bonds. The minimum atomic E-state index is -4.41. The van der Waals surface area contributed by atoms with Crippen molar-refractivity contribution in [3.05, 3.63) is 95.5 Å². The molecule has 0 atom stereocenters. The quantitative estimate of drug-likeness (QED) is 0.277. The van der Waals surface area contributed by atoms with Crippen LogP contribution < -0.4 is 4.72 Å². The van der Waals surface area contributed by atoms with Gasteiger partial charge in [0.2, 0.25) is 0 Å². The van der Waals surface area contributed by atoms with Crippen LogP contribution in [0.4, 0.5) is 18.9 Å². The number of hydrogen-bond donors (Lipinski definition) is 1. The van der Waals surface area contributed by atoms with E-state index in [0.29, 0.717) is 5.70 Å². The van der Waals surface area contributed by atoms with Crippen LogP contribution in [0.25, 0.3) is 5.57 Å². The molecule has 0 saturated carbocycles. The topological polar surface area (TPSA) is 99.4 Å². The maximum absolute atomic E-state index is 15.4. The van der Waals surface area contributed by atoms with Crippen molar-refractivity contribution in [3.8, 4) is 0 Å². The van der Waals surface area contributed by atoms with E-state index in [-0.39, 0.29) is 17.8 Å². The number of aromatic nitrogens is 1. The van der Waals surface area contributed by atoms with E-state index in [4.69, 9.17) is 0 Å². The van der Waals surface area contributed by atoms with Gasteiger partial charge < -0.3 is 4.90 Å². The average molecular weight is 517 g/mol. The molecule has 0 saturated heterocycles. The summed E-state index contributed by atoms with van der Waals surface area (Å²) in [5.41, 5.74) is 0.633. The van der Waals surface area contributed by atoms with Gasteiger partial charge in [-0.15, -0.1) is 5.10 Å². The molecule has 1 aliphatic rings. The van der Waals surface area contributed by atoms with Crippen molar-refractivity contribution in [2.45, 2.75) is 25.7 Å². The molecule has 2 heterocycles. The number of benzene rings is 1. The molecule has 0 bridgehead atoms. The second-order valence-electron chi connectivity index (χ2n) is 7.56. The van der Waals surface area contributed by atoms with Crippen molar-refractivity contribution in [1.82, 2.24) is 9.88 Å². The second-order valence-corrected chi connectivity index (χ2v) is 9.21. The first-order valence-corrected chi connectivity index (χ1v) is 12.1. The zero-order chi connectivity index (χ0) is 26.5. The Hall–Kier alpha value is -4.06. The Balaban J connectivity index is 1.98. The Labute approximate surface area is 207 Å². The number of anilines is 1. The summed E-state index contributed by atoms with van der Waals surface area (Å²) in [6.07, 6.45) is 8.37. The average Bonchev–Trinajstić information content (AvgIpc) is 2.84. The Morgan fingerprint density at radius 2 is 2.00 bits per heavy atom. The molecule has 12 heteroatoms. The lowest BCUT2D eigenvalue weighted by Crippen LogP contribution is -2.17. The largest absolute Gasteiger partial charge is 0.324 e. The number of aryl methyl sites for hydroxylation is 1. The number of sulfonamides is 1. The fourth-order valence-corrected chi connectivity index (χ4v) is 4.61. The zero-order valence-electron chi connectivity index (χ0n) is 19.7. The summed E-state index contributed by atoms with van der Waals surface area (Å²) in [4.78, 5) is 4.77. The highest BCUT2D eigenvalue weighted by Crippen LogP contribution is 2.33. The highest BCUT2D eigenvalue weighted by molar-refractivity contribution is 7.92. The Bertz CT molecular complexity index is 1450. The lowest BCUT2D eigenvalue weighted by atomic mass is 10.0. The van der Waals surface area contributed by atoms with Crippen LogP contribution in [0, 0.1) is 24.4 Å². The lowest BCUT2D eigenvalue weighted by molar-refractivity contribution is 0.574. The van der Waals surface area contributed by atoms with Crippen molar-refractivity contribution in [1.29, 1.82) is 0 Å². The number of nitrogens with one attached hydrogen (secondary N) is 1. The van der Waals surface area contributed by atoms with Crippen LogP contribution in [0.3, 0.4) is 0 Å². The molecule has 8 nitrogen and oxygen atoms in total. The summed E-state index contributed by atoms with van der Waals surface area (Å²) in [5, 5.41) is 11.2. The van der Waals surface area contributed by atoms with Crippen LogP contribution in [0.1, 0.15) is 25.1 Å². The molecule has 3 rings (SSSR count). The monoisotopic (exact) mass is 516 g/mol. The van der Waals surface area contributed by atoms with Crippen LogP contribution in [0.15, 0.2) is 87.1 Å². The molecule has 1 aromatic heterocycles. The van der Waals surface area contributed by atoms with E-state index in [1.54, 1.807) is 17.9 Å². The van der Waals surface area contributed by atoms with Gasteiger partial charge in [-0.2, -0.15) is 5.11 Å². The Morgan fingerprint density at radius 3 is 2.69 bits per heavy atom. The van der Waals surface area contributed by atoms with Crippen molar-refractivity contribution >= 4 is 27.5 Å². The van der Waals surface area contributed by atoms with Gasteiger partial charge in [-0.25, -0.2) is 21.6 Å². The first kappa shape index (κ1) is 26.5. The SMILES string of the molecule is C=CN1C=C(c2c(F)ccc(NS(=O)(=O)c3cc(F)cnc3C)c2F)C=C/C1=C(/C)CN=N/N=C\C. The molecule has 1 aliphatic heterocycles. The molecule has 1 N–H and O–H groups in total. The Kier molecular flexibility index (Phi) is 8.20. The molecular weight excluding hydrogens is 493 g/mol. The van der Waals surface area contributed by atoms with Crippen LogP contribution in [-0.4, -0.2) is 31.1 Å². The van der Waals surface area contributed by atoms with Gasteiger partial charge in [0.15, 0.2) is 5.82 Å². The van der Waals surface area contributed by atoms with Crippen LogP contribution >= 0.6 is 0 Å². The highest BCUT2D eigenvalue weighted by Gasteiger charge is 2.24. The maximum Gasteiger partial charge on any atom is 0.263 e. The van der Waals surface area contributed by atoms with Gasteiger partial charge in [0.1, 0.15) is 16.5 Å². The molecule has 36 heavy (non-hydrogen) atoms. The van der Waals surface area contributed by atoms with Crippen molar-refractivity contribution < 1.29 is 21.6 Å². The van der Waals surface area contributed by atoms with Gasteiger partial charge in [-0.05, 0) is 55.8 Å². The third-order valence-corrected chi connectivity index (χ3v) is 6.55. The fourth-order valence-electron chi connectivity index (χ4n) is 3.34. The van der Waals surface area contributed by atoms with E-state index in [0.717, 1.165) is 30.0 Å². The smallest absolute Gasteiger partial charge is 0.263 e. The summed E-state index contributed by atoms with van der Waals surface area (Å²) in [7, 11) is -4.41. The summed E-state index contributed by atoms with van der Waals surface area (Å²) in [5.74, 6) is -2.92. The number of allylic oxidation sites excluding steroid dienone is 3. The molecule has 188 valence electrons. The molecule has 0 radical (unpaired) electrons. The minimum absolute atomic E-state index is 0.0157. The summed E-state index contributed by atoms with van der Waals surface area (Å²) < 4.78 is 71.4. The van der Waals surface area contributed by atoms with E-state index in [1.807, 2.05) is 6.92 Å². The normalized spacial score (nSPS) is 15.5. The highest BCUT2D eigenvalue weighted by atomic mass is 32.2. The standard InChI is InChI=1S/C24H23F3N6O2S/c1-5-29-32-30-12-15(3)21-10-7-17(14-33(21)6-2)23-19(26)8-9-20(24(23)27)31-36(34,35)22-11-18(25)13-28-16(22)4/h5-11,13-14,31H,2,12H2,1,3-4H3/b21-15+,29-5-,32-30?. The summed E-state index contributed by atoms with van der Waals surface area (Å²) in [6.45, 7) is 8.85. The van der Waals surface area contributed by atoms with Crippen LogP contribution in [-0.2, 0) is 10.0 Å². The molecular formula is C24H23F3N6O2S. The van der Waals surface area contributed by atoms with E-state index in [1.165, 1.54) is 31.6 Å². The first-order chi connectivity index (χ1) is 17.1. The van der Waals surface area contributed by atoms with Crippen LogP contribution in [0.5, 0.6) is 0 Å². The van der Waals surface area contributed by atoms with E-state index in [9.17, 15) is 17.2 Å². The molecule has 0 fully saturated rings. The summed E-state index contributed by atoms with van der Waals surface area (Å²) >= 11 is 0.